The Labute approximate surface area is 171 Å². The Morgan fingerprint density at radius 2 is 2.21 bits per heavy atom. The largest absolute Gasteiger partial charge is 0.496 e. The van der Waals surface area contributed by atoms with Crippen LogP contribution in [0.25, 0.3) is 0 Å². The SMILES string of the molecule is COc1ccc(Cl)cc1C(=O)N1CCCC(CNC(=O)/C(C#N)=C/C(C)C)C1. The second-order valence-corrected chi connectivity index (χ2v) is 7.69. The lowest BCUT2D eigenvalue weighted by Gasteiger charge is -2.33. The highest BCUT2D eigenvalue weighted by atomic mass is 35.5. The highest BCUT2D eigenvalue weighted by molar-refractivity contribution is 6.31. The number of ether oxygens (including phenoxy) is 1. The molecule has 1 aliphatic rings. The van der Waals surface area contributed by atoms with Crippen molar-refractivity contribution in [1.29, 1.82) is 5.26 Å². The summed E-state index contributed by atoms with van der Waals surface area (Å²) in [4.78, 5) is 26.9. The molecule has 0 aromatic heterocycles. The number of rotatable bonds is 6. The number of benzene rings is 1. The highest BCUT2D eigenvalue weighted by Gasteiger charge is 2.27. The van der Waals surface area contributed by atoms with Gasteiger partial charge in [-0.25, -0.2) is 0 Å². The van der Waals surface area contributed by atoms with Crippen molar-refractivity contribution in [3.05, 3.63) is 40.4 Å². The van der Waals surface area contributed by atoms with Gasteiger partial charge in [-0.05, 0) is 42.9 Å². The minimum atomic E-state index is -0.365. The van der Waals surface area contributed by atoms with Gasteiger partial charge in [0.15, 0.2) is 0 Å². The molecule has 2 rings (SSSR count). The number of hydrogen-bond donors (Lipinski definition) is 1. The standard InChI is InChI=1S/C21H26ClN3O3/c1-14(2)9-16(11-23)20(26)24-12-15-5-4-8-25(13-15)21(27)18-10-17(22)6-7-19(18)28-3/h6-7,9-10,14-15H,4-5,8,12-13H2,1-3H3,(H,24,26)/b16-9+. The number of allylic oxidation sites excluding steroid dienone is 1. The third-order valence-electron chi connectivity index (χ3n) is 4.61. The van der Waals surface area contributed by atoms with Gasteiger partial charge in [-0.1, -0.05) is 31.5 Å². The Morgan fingerprint density at radius 3 is 2.86 bits per heavy atom. The second-order valence-electron chi connectivity index (χ2n) is 7.25. The van der Waals surface area contributed by atoms with Crippen molar-refractivity contribution in [2.45, 2.75) is 26.7 Å². The third kappa shape index (κ3) is 5.74. The van der Waals surface area contributed by atoms with Crippen LogP contribution in [0.4, 0.5) is 0 Å². The Hall–Kier alpha value is -2.52. The lowest BCUT2D eigenvalue weighted by molar-refractivity contribution is -0.117. The molecule has 7 heteroatoms. The van der Waals surface area contributed by atoms with Gasteiger partial charge >= 0.3 is 0 Å². The van der Waals surface area contributed by atoms with Crippen molar-refractivity contribution >= 4 is 23.4 Å². The van der Waals surface area contributed by atoms with Gasteiger partial charge in [-0.15, -0.1) is 0 Å². The molecule has 2 amide bonds. The topological polar surface area (TPSA) is 82.4 Å². The van der Waals surface area contributed by atoms with Crippen LogP contribution in [0.1, 0.15) is 37.0 Å². The summed E-state index contributed by atoms with van der Waals surface area (Å²) in [7, 11) is 1.52. The highest BCUT2D eigenvalue weighted by Crippen LogP contribution is 2.26. The lowest BCUT2D eigenvalue weighted by atomic mass is 9.97. The maximum absolute atomic E-state index is 12.9. The average Bonchev–Trinajstić information content (AvgIpc) is 2.69. The van der Waals surface area contributed by atoms with Crippen LogP contribution in [0.2, 0.25) is 5.02 Å². The quantitative estimate of drug-likeness (QED) is 0.582. The normalized spacial score (nSPS) is 17.2. The first-order valence-electron chi connectivity index (χ1n) is 9.38. The molecule has 1 saturated heterocycles. The Balaban J connectivity index is 2.01. The van der Waals surface area contributed by atoms with Gasteiger partial charge in [-0.3, -0.25) is 9.59 Å². The van der Waals surface area contributed by atoms with Crippen LogP contribution in [0.5, 0.6) is 5.75 Å². The number of likely N-dealkylation sites (tertiary alicyclic amines) is 1. The van der Waals surface area contributed by atoms with Crippen LogP contribution in [0, 0.1) is 23.2 Å². The zero-order chi connectivity index (χ0) is 20.7. The maximum Gasteiger partial charge on any atom is 0.261 e. The summed E-state index contributed by atoms with van der Waals surface area (Å²) in [5, 5.41) is 12.4. The molecule has 1 aromatic carbocycles. The first-order chi connectivity index (χ1) is 13.3. The number of nitrogens with zero attached hydrogens (tertiary/aromatic N) is 2. The van der Waals surface area contributed by atoms with Gasteiger partial charge in [0.2, 0.25) is 0 Å². The maximum atomic E-state index is 12.9. The van der Waals surface area contributed by atoms with Crippen LogP contribution >= 0.6 is 11.6 Å². The number of nitrogens with one attached hydrogen (secondary N) is 1. The summed E-state index contributed by atoms with van der Waals surface area (Å²) in [5.74, 6) is 0.243. The molecule has 1 unspecified atom stereocenters. The van der Waals surface area contributed by atoms with Crippen LogP contribution in [-0.2, 0) is 4.79 Å². The third-order valence-corrected chi connectivity index (χ3v) is 4.85. The van der Waals surface area contributed by atoms with E-state index in [9.17, 15) is 9.59 Å². The van der Waals surface area contributed by atoms with Gasteiger partial charge in [0.25, 0.3) is 11.8 Å². The van der Waals surface area contributed by atoms with Crippen LogP contribution in [-0.4, -0.2) is 43.5 Å². The number of piperidine rings is 1. The van der Waals surface area contributed by atoms with Crippen molar-refractivity contribution < 1.29 is 14.3 Å². The van der Waals surface area contributed by atoms with E-state index in [0.29, 0.717) is 36.0 Å². The summed E-state index contributed by atoms with van der Waals surface area (Å²) in [6.07, 6.45) is 3.41. The van der Waals surface area contributed by atoms with Crippen molar-refractivity contribution in [3.63, 3.8) is 0 Å². The average molecular weight is 404 g/mol. The van der Waals surface area contributed by atoms with Crippen molar-refractivity contribution in [1.82, 2.24) is 10.2 Å². The molecule has 0 aliphatic carbocycles. The fraction of sp³-hybridized carbons (Fsp3) is 0.476. The van der Waals surface area contributed by atoms with Gasteiger partial charge in [0, 0.05) is 24.7 Å². The van der Waals surface area contributed by atoms with Gasteiger partial charge in [0.05, 0.1) is 12.7 Å². The molecular formula is C21H26ClN3O3. The van der Waals surface area contributed by atoms with E-state index in [1.807, 2.05) is 19.9 Å². The number of methoxy groups -OCH3 is 1. The minimum Gasteiger partial charge on any atom is -0.496 e. The Bertz CT molecular complexity index is 799. The molecule has 1 heterocycles. The molecule has 1 aliphatic heterocycles. The molecule has 1 fully saturated rings. The fourth-order valence-corrected chi connectivity index (χ4v) is 3.44. The summed E-state index contributed by atoms with van der Waals surface area (Å²) >= 11 is 6.04. The van der Waals surface area contributed by atoms with E-state index in [-0.39, 0.29) is 29.2 Å². The molecule has 1 aromatic rings. The van der Waals surface area contributed by atoms with E-state index >= 15 is 0 Å². The number of carbonyl (C=O) groups excluding carboxylic acids is 2. The summed E-state index contributed by atoms with van der Waals surface area (Å²) < 4.78 is 5.29. The Kier molecular flexibility index (Phi) is 7.89. The second kappa shape index (κ2) is 10.1. The molecular weight excluding hydrogens is 378 g/mol. The van der Waals surface area contributed by atoms with E-state index in [1.54, 1.807) is 29.2 Å². The summed E-state index contributed by atoms with van der Waals surface area (Å²) in [5.41, 5.74) is 0.564. The fourth-order valence-electron chi connectivity index (χ4n) is 3.26. The molecule has 0 spiro atoms. The summed E-state index contributed by atoms with van der Waals surface area (Å²) in [6.45, 7) is 5.44. The van der Waals surface area contributed by atoms with Crippen molar-refractivity contribution in [3.8, 4) is 11.8 Å². The van der Waals surface area contributed by atoms with E-state index in [4.69, 9.17) is 21.6 Å². The Morgan fingerprint density at radius 1 is 1.46 bits per heavy atom. The van der Waals surface area contributed by atoms with E-state index in [1.165, 1.54) is 7.11 Å². The van der Waals surface area contributed by atoms with E-state index in [0.717, 1.165) is 12.8 Å². The molecule has 1 atom stereocenters. The van der Waals surface area contributed by atoms with Crippen LogP contribution in [0.15, 0.2) is 29.8 Å². The molecule has 1 N–H and O–H groups in total. The first kappa shape index (κ1) is 21.8. The first-order valence-corrected chi connectivity index (χ1v) is 9.76. The summed E-state index contributed by atoms with van der Waals surface area (Å²) in [6, 6.07) is 6.93. The van der Waals surface area contributed by atoms with Crippen molar-refractivity contribution in [2.24, 2.45) is 11.8 Å². The molecule has 0 saturated carbocycles. The molecule has 28 heavy (non-hydrogen) atoms. The van der Waals surface area contributed by atoms with Crippen molar-refractivity contribution in [2.75, 3.05) is 26.7 Å². The lowest BCUT2D eigenvalue weighted by Crippen LogP contribution is -2.44. The van der Waals surface area contributed by atoms with Gasteiger partial charge in [-0.2, -0.15) is 5.26 Å². The van der Waals surface area contributed by atoms with Gasteiger partial charge < -0.3 is 15.0 Å². The van der Waals surface area contributed by atoms with Gasteiger partial charge in [0.1, 0.15) is 17.4 Å². The van der Waals surface area contributed by atoms with E-state index in [2.05, 4.69) is 5.32 Å². The number of nitriles is 1. The van der Waals surface area contributed by atoms with Crippen LogP contribution < -0.4 is 10.1 Å². The number of amides is 2. The minimum absolute atomic E-state index is 0.121. The van der Waals surface area contributed by atoms with Crippen LogP contribution in [0.3, 0.4) is 0 Å². The monoisotopic (exact) mass is 403 g/mol. The van der Waals surface area contributed by atoms with E-state index < -0.39 is 0 Å². The number of halogens is 1. The molecule has 6 nitrogen and oxygen atoms in total. The number of hydrogen-bond acceptors (Lipinski definition) is 4. The zero-order valence-corrected chi connectivity index (χ0v) is 17.3. The molecule has 150 valence electrons. The predicted octanol–water partition coefficient (Wildman–Crippen LogP) is 3.42. The molecule has 0 bridgehead atoms. The number of carbonyl (C=O) groups is 2. The smallest absolute Gasteiger partial charge is 0.261 e. The molecule has 0 radical (unpaired) electrons. The zero-order valence-electron chi connectivity index (χ0n) is 16.5. The predicted molar refractivity (Wildman–Crippen MR) is 108 cm³/mol.